The maximum Gasteiger partial charge on any atom is 0.247 e. The topological polar surface area (TPSA) is 59.9 Å². The van der Waals surface area contributed by atoms with Gasteiger partial charge in [0.25, 0.3) is 0 Å². The fraction of sp³-hybridized carbons (Fsp3) is 0.667. The molecule has 1 heterocycles. The number of hydrogen-bond acceptors (Lipinski definition) is 4. The Hall–Kier alpha value is -0.970. The van der Waals surface area contributed by atoms with Crippen LogP contribution in [0.15, 0.2) is 11.4 Å². The van der Waals surface area contributed by atoms with Gasteiger partial charge >= 0.3 is 0 Å². The van der Waals surface area contributed by atoms with Crippen LogP contribution in [0, 0.1) is 0 Å². The first-order chi connectivity index (χ1) is 7.77. The van der Waals surface area contributed by atoms with Gasteiger partial charge in [-0.25, -0.2) is 18.4 Å². The molecular weight excluding hydrogens is 236 g/mol. The van der Waals surface area contributed by atoms with E-state index in [-0.39, 0.29) is 11.1 Å². The van der Waals surface area contributed by atoms with Gasteiger partial charge < -0.3 is 0 Å². The van der Waals surface area contributed by atoms with Gasteiger partial charge in [-0.1, -0.05) is 27.7 Å². The summed E-state index contributed by atoms with van der Waals surface area (Å²) in [6.07, 6.45) is 3.78. The molecule has 1 rings (SSSR count). The second-order valence-corrected chi connectivity index (χ2v) is 6.64. The van der Waals surface area contributed by atoms with Gasteiger partial charge in [0.1, 0.15) is 0 Å². The van der Waals surface area contributed by atoms with Crippen molar-refractivity contribution in [1.29, 1.82) is 0 Å². The molecule has 5 heteroatoms. The molecule has 17 heavy (non-hydrogen) atoms. The largest absolute Gasteiger partial charge is 0.247 e. The lowest BCUT2D eigenvalue weighted by Gasteiger charge is -2.16. The van der Waals surface area contributed by atoms with E-state index in [4.69, 9.17) is 0 Å². The fourth-order valence-corrected chi connectivity index (χ4v) is 2.14. The standard InChI is InChI=1S/C12H20N2O2S/c1-6-9(4)10-7-13-12(17(5,15)16)14-11(10)8(2)3/h7-9H,6H2,1-5H3. The minimum atomic E-state index is -3.33. The molecule has 0 bridgehead atoms. The van der Waals surface area contributed by atoms with Gasteiger partial charge in [0.2, 0.25) is 15.0 Å². The third-order valence-corrected chi connectivity index (χ3v) is 3.71. The highest BCUT2D eigenvalue weighted by atomic mass is 32.2. The summed E-state index contributed by atoms with van der Waals surface area (Å²) in [7, 11) is -3.33. The Morgan fingerprint density at radius 1 is 1.29 bits per heavy atom. The molecule has 1 unspecified atom stereocenters. The third-order valence-electron chi connectivity index (χ3n) is 2.85. The van der Waals surface area contributed by atoms with Crippen molar-refractivity contribution in [3.05, 3.63) is 17.5 Å². The first kappa shape index (κ1) is 14.1. The second-order valence-electron chi connectivity index (χ2n) is 4.73. The van der Waals surface area contributed by atoms with Crippen molar-refractivity contribution in [1.82, 2.24) is 9.97 Å². The predicted molar refractivity (Wildman–Crippen MR) is 67.9 cm³/mol. The van der Waals surface area contributed by atoms with Crippen LogP contribution in [-0.4, -0.2) is 24.6 Å². The zero-order valence-electron chi connectivity index (χ0n) is 11.1. The Labute approximate surface area is 103 Å². The number of hydrogen-bond donors (Lipinski definition) is 0. The lowest BCUT2D eigenvalue weighted by atomic mass is 9.94. The SMILES string of the molecule is CCC(C)c1cnc(S(C)(=O)=O)nc1C(C)C. The molecule has 0 N–H and O–H groups in total. The van der Waals surface area contributed by atoms with Crippen molar-refractivity contribution >= 4 is 9.84 Å². The van der Waals surface area contributed by atoms with E-state index in [1.54, 1.807) is 6.20 Å². The number of aromatic nitrogens is 2. The average Bonchev–Trinajstić information content (AvgIpc) is 2.25. The molecule has 0 fully saturated rings. The molecule has 1 aromatic heterocycles. The van der Waals surface area contributed by atoms with Crippen molar-refractivity contribution in [2.75, 3.05) is 6.26 Å². The molecule has 0 aliphatic heterocycles. The van der Waals surface area contributed by atoms with Crippen LogP contribution in [0.3, 0.4) is 0 Å². The average molecular weight is 256 g/mol. The third kappa shape index (κ3) is 3.25. The van der Waals surface area contributed by atoms with E-state index < -0.39 is 9.84 Å². The highest BCUT2D eigenvalue weighted by Gasteiger charge is 2.18. The zero-order valence-corrected chi connectivity index (χ0v) is 11.9. The van der Waals surface area contributed by atoms with Crippen molar-refractivity contribution in [2.45, 2.75) is 51.1 Å². The normalized spacial score (nSPS) is 14.0. The van der Waals surface area contributed by atoms with Crippen LogP contribution in [0.25, 0.3) is 0 Å². The van der Waals surface area contributed by atoms with Gasteiger partial charge in [-0.3, -0.25) is 0 Å². The van der Waals surface area contributed by atoms with Gasteiger partial charge in [-0.05, 0) is 23.8 Å². The van der Waals surface area contributed by atoms with E-state index in [1.807, 2.05) is 13.8 Å². The van der Waals surface area contributed by atoms with Crippen LogP contribution < -0.4 is 0 Å². The van der Waals surface area contributed by atoms with Crippen LogP contribution in [0.4, 0.5) is 0 Å². The Bertz CT molecular complexity index is 495. The zero-order chi connectivity index (χ0) is 13.2. The van der Waals surface area contributed by atoms with E-state index in [9.17, 15) is 8.42 Å². The van der Waals surface area contributed by atoms with Gasteiger partial charge in [0.15, 0.2) is 0 Å². The smallest absolute Gasteiger partial charge is 0.227 e. The fourth-order valence-electron chi connectivity index (χ4n) is 1.63. The quantitative estimate of drug-likeness (QED) is 0.777. The Morgan fingerprint density at radius 3 is 2.29 bits per heavy atom. The summed E-state index contributed by atoms with van der Waals surface area (Å²) in [6.45, 7) is 8.23. The predicted octanol–water partition coefficient (Wildman–Crippen LogP) is 2.52. The van der Waals surface area contributed by atoms with Crippen LogP contribution in [0.1, 0.15) is 57.2 Å². The van der Waals surface area contributed by atoms with Crippen LogP contribution >= 0.6 is 0 Å². The van der Waals surface area contributed by atoms with E-state index in [0.717, 1.165) is 23.9 Å². The first-order valence-corrected chi connectivity index (χ1v) is 7.73. The van der Waals surface area contributed by atoms with Crippen molar-refractivity contribution in [2.24, 2.45) is 0 Å². The molecule has 0 radical (unpaired) electrons. The Morgan fingerprint density at radius 2 is 1.88 bits per heavy atom. The molecule has 0 spiro atoms. The summed E-state index contributed by atoms with van der Waals surface area (Å²) in [6, 6.07) is 0. The molecule has 4 nitrogen and oxygen atoms in total. The highest BCUT2D eigenvalue weighted by molar-refractivity contribution is 7.90. The maximum atomic E-state index is 11.4. The molecule has 1 atom stereocenters. The monoisotopic (exact) mass is 256 g/mol. The van der Waals surface area contributed by atoms with Gasteiger partial charge in [0.05, 0.1) is 5.69 Å². The maximum absolute atomic E-state index is 11.4. The summed E-state index contributed by atoms with van der Waals surface area (Å²) in [5, 5.41) is -0.0757. The van der Waals surface area contributed by atoms with Crippen LogP contribution in [0.5, 0.6) is 0 Å². The summed E-state index contributed by atoms with van der Waals surface area (Å²) >= 11 is 0. The van der Waals surface area contributed by atoms with Crippen molar-refractivity contribution in [3.63, 3.8) is 0 Å². The summed E-state index contributed by atoms with van der Waals surface area (Å²) in [5.74, 6) is 0.545. The van der Waals surface area contributed by atoms with Crippen LogP contribution in [0.2, 0.25) is 0 Å². The Balaban J connectivity index is 3.37. The molecule has 0 saturated carbocycles. The molecule has 0 aliphatic rings. The number of sulfone groups is 1. The van der Waals surface area contributed by atoms with Gasteiger partial charge in [-0.15, -0.1) is 0 Å². The molecule has 0 aromatic carbocycles. The first-order valence-electron chi connectivity index (χ1n) is 5.84. The van der Waals surface area contributed by atoms with E-state index >= 15 is 0 Å². The highest BCUT2D eigenvalue weighted by Crippen LogP contribution is 2.26. The van der Waals surface area contributed by atoms with E-state index in [1.165, 1.54) is 0 Å². The number of rotatable bonds is 4. The second kappa shape index (κ2) is 5.12. The summed E-state index contributed by atoms with van der Waals surface area (Å²) in [4.78, 5) is 8.18. The molecule has 0 aliphatic carbocycles. The van der Waals surface area contributed by atoms with Crippen molar-refractivity contribution in [3.8, 4) is 0 Å². The van der Waals surface area contributed by atoms with Gasteiger partial charge in [0, 0.05) is 12.5 Å². The lowest BCUT2D eigenvalue weighted by molar-refractivity contribution is 0.587. The molecule has 0 amide bonds. The molecule has 96 valence electrons. The lowest BCUT2D eigenvalue weighted by Crippen LogP contribution is -2.11. The van der Waals surface area contributed by atoms with Crippen LogP contribution in [-0.2, 0) is 9.84 Å². The number of nitrogens with zero attached hydrogens (tertiary/aromatic N) is 2. The van der Waals surface area contributed by atoms with Crippen molar-refractivity contribution < 1.29 is 8.42 Å². The minimum absolute atomic E-state index is 0.0757. The van der Waals surface area contributed by atoms with E-state index in [2.05, 4.69) is 23.8 Å². The molecule has 0 saturated heterocycles. The minimum Gasteiger partial charge on any atom is -0.227 e. The Kier molecular flexibility index (Phi) is 4.25. The molecule has 1 aromatic rings. The summed E-state index contributed by atoms with van der Waals surface area (Å²) in [5.41, 5.74) is 1.89. The summed E-state index contributed by atoms with van der Waals surface area (Å²) < 4.78 is 22.9. The van der Waals surface area contributed by atoms with Gasteiger partial charge in [-0.2, -0.15) is 0 Å². The molecular formula is C12H20N2O2S. The van der Waals surface area contributed by atoms with E-state index in [0.29, 0.717) is 5.92 Å².